The molecule has 1 N–H and O–H groups in total. The van der Waals surface area contributed by atoms with Crippen molar-refractivity contribution >= 4 is 17.4 Å². The molecule has 1 aromatic carbocycles. The van der Waals surface area contributed by atoms with Gasteiger partial charge in [0.15, 0.2) is 5.78 Å². The van der Waals surface area contributed by atoms with Crippen LogP contribution in [0.15, 0.2) is 53.0 Å². The van der Waals surface area contributed by atoms with Gasteiger partial charge in [0.05, 0.1) is 16.7 Å². The third-order valence-corrected chi connectivity index (χ3v) is 4.69. The molecule has 0 atom stereocenters. The van der Waals surface area contributed by atoms with E-state index in [-0.39, 0.29) is 16.9 Å². The van der Waals surface area contributed by atoms with E-state index < -0.39 is 11.4 Å². The van der Waals surface area contributed by atoms with Crippen molar-refractivity contribution in [3.05, 3.63) is 75.2 Å². The van der Waals surface area contributed by atoms with Gasteiger partial charge in [0, 0.05) is 23.4 Å². The number of carboxylic acid groups (broad SMARTS) is 1. The van der Waals surface area contributed by atoms with Crippen molar-refractivity contribution in [3.8, 4) is 0 Å². The maximum absolute atomic E-state index is 12.8. The Balaban J connectivity index is 2.42. The van der Waals surface area contributed by atoms with Gasteiger partial charge in [-0.1, -0.05) is 6.07 Å². The molecule has 0 radical (unpaired) electrons. The van der Waals surface area contributed by atoms with Crippen LogP contribution in [-0.2, 0) is 0 Å². The summed E-state index contributed by atoms with van der Waals surface area (Å²) in [6, 6.07) is 9.21. The number of allylic oxidation sites excluding steroid dienone is 1. The second kappa shape index (κ2) is 5.30. The van der Waals surface area contributed by atoms with E-state index in [1.165, 1.54) is 28.8 Å². The fourth-order valence-electron chi connectivity index (χ4n) is 3.00. The quantitative estimate of drug-likeness (QED) is 0.921. The Kier molecular flexibility index (Phi) is 3.52. The van der Waals surface area contributed by atoms with E-state index in [1.807, 2.05) is 20.8 Å². The normalized spacial score (nSPS) is 16.0. The molecule has 0 amide bonds. The number of hydrogen-bond donors (Lipinski definition) is 1. The summed E-state index contributed by atoms with van der Waals surface area (Å²) in [6.07, 6.45) is 1.63. The molecule has 1 aliphatic rings. The largest absolute Gasteiger partial charge is 0.478 e. The molecule has 1 heterocycles. The SMILES string of the molecule is CC1=C(n2ccccc2=O)c2cc(C(=O)O)ccc2C(=O)C1(C)C. The van der Waals surface area contributed by atoms with Gasteiger partial charge < -0.3 is 5.11 Å². The topological polar surface area (TPSA) is 76.4 Å². The number of Topliss-reactive ketones (excluding diaryl/α,β-unsaturated/α-hetero) is 1. The Hall–Kier alpha value is -2.95. The molecule has 0 saturated heterocycles. The zero-order valence-corrected chi connectivity index (χ0v) is 13.7. The van der Waals surface area contributed by atoms with Gasteiger partial charge >= 0.3 is 5.97 Å². The van der Waals surface area contributed by atoms with Crippen LogP contribution in [-0.4, -0.2) is 21.4 Å². The molecule has 3 rings (SSSR count). The van der Waals surface area contributed by atoms with Crippen molar-refractivity contribution in [3.63, 3.8) is 0 Å². The monoisotopic (exact) mass is 323 g/mol. The minimum atomic E-state index is -1.08. The summed E-state index contributed by atoms with van der Waals surface area (Å²) in [6.45, 7) is 5.43. The van der Waals surface area contributed by atoms with Gasteiger partial charge in [-0.05, 0) is 50.6 Å². The minimum absolute atomic E-state index is 0.0792. The molecule has 122 valence electrons. The molecule has 0 bridgehead atoms. The molecule has 1 aromatic heterocycles. The number of fused-ring (bicyclic) bond motifs is 1. The van der Waals surface area contributed by atoms with E-state index in [9.17, 15) is 19.5 Å². The lowest BCUT2D eigenvalue weighted by molar-refractivity contribution is 0.0696. The summed E-state index contributed by atoms with van der Waals surface area (Å²) in [4.78, 5) is 36.5. The highest BCUT2D eigenvalue weighted by atomic mass is 16.4. The predicted molar refractivity (Wildman–Crippen MR) is 90.2 cm³/mol. The van der Waals surface area contributed by atoms with Gasteiger partial charge in [0.25, 0.3) is 5.56 Å². The summed E-state index contributed by atoms with van der Waals surface area (Å²) in [5.41, 5.74) is 1.28. The van der Waals surface area contributed by atoms with Crippen LogP contribution in [0.3, 0.4) is 0 Å². The summed E-state index contributed by atoms with van der Waals surface area (Å²) in [5, 5.41) is 9.26. The van der Waals surface area contributed by atoms with Crippen LogP contribution >= 0.6 is 0 Å². The number of carbonyl (C=O) groups excluding carboxylic acids is 1. The van der Waals surface area contributed by atoms with Crippen LogP contribution < -0.4 is 5.56 Å². The summed E-state index contributed by atoms with van der Waals surface area (Å²) in [7, 11) is 0. The molecular formula is C19H17NO4. The summed E-state index contributed by atoms with van der Waals surface area (Å²) in [5.74, 6) is -1.16. The molecule has 0 saturated carbocycles. The summed E-state index contributed by atoms with van der Waals surface area (Å²) >= 11 is 0. The Bertz CT molecular complexity index is 963. The number of pyridine rings is 1. The number of rotatable bonds is 2. The van der Waals surface area contributed by atoms with Crippen LogP contribution in [0.1, 0.15) is 47.1 Å². The number of aromatic nitrogens is 1. The first-order valence-corrected chi connectivity index (χ1v) is 7.57. The van der Waals surface area contributed by atoms with Gasteiger partial charge in [-0.15, -0.1) is 0 Å². The average molecular weight is 323 g/mol. The number of benzene rings is 1. The number of aromatic carboxylic acids is 1. The third kappa shape index (κ3) is 2.21. The minimum Gasteiger partial charge on any atom is -0.478 e. The first-order chi connectivity index (χ1) is 11.2. The molecule has 2 aromatic rings. The van der Waals surface area contributed by atoms with Crippen molar-refractivity contribution in [2.45, 2.75) is 20.8 Å². The number of ketones is 1. The standard InChI is InChI=1S/C19H17NO4/c1-11-16(20-9-5-4-6-15(20)21)14-10-12(18(23)24)7-8-13(14)17(22)19(11,2)3/h4-10H,1-3H3,(H,23,24). The number of nitrogens with zero attached hydrogens (tertiary/aromatic N) is 1. The lowest BCUT2D eigenvalue weighted by Gasteiger charge is -2.34. The Morgan fingerprint density at radius 3 is 2.42 bits per heavy atom. The van der Waals surface area contributed by atoms with Crippen LogP contribution in [0.4, 0.5) is 0 Å². The fourth-order valence-corrected chi connectivity index (χ4v) is 3.00. The van der Waals surface area contributed by atoms with Crippen LogP contribution in [0.25, 0.3) is 5.70 Å². The first kappa shape index (κ1) is 15.9. The highest BCUT2D eigenvalue weighted by Crippen LogP contribution is 2.42. The van der Waals surface area contributed by atoms with E-state index in [0.717, 1.165) is 5.57 Å². The number of hydrogen-bond acceptors (Lipinski definition) is 3. The highest BCUT2D eigenvalue weighted by molar-refractivity contribution is 6.10. The van der Waals surface area contributed by atoms with Crippen molar-refractivity contribution in [1.82, 2.24) is 4.57 Å². The first-order valence-electron chi connectivity index (χ1n) is 7.57. The molecule has 1 aliphatic carbocycles. The van der Waals surface area contributed by atoms with Gasteiger partial charge in [0.1, 0.15) is 0 Å². The summed E-state index contributed by atoms with van der Waals surface area (Å²) < 4.78 is 1.47. The van der Waals surface area contributed by atoms with E-state index in [0.29, 0.717) is 16.8 Å². The molecule has 0 spiro atoms. The Morgan fingerprint density at radius 1 is 1.08 bits per heavy atom. The van der Waals surface area contributed by atoms with E-state index in [2.05, 4.69) is 0 Å². The van der Waals surface area contributed by atoms with Crippen molar-refractivity contribution in [2.75, 3.05) is 0 Å². The van der Waals surface area contributed by atoms with Crippen LogP contribution in [0.2, 0.25) is 0 Å². The molecule has 24 heavy (non-hydrogen) atoms. The maximum Gasteiger partial charge on any atom is 0.335 e. The van der Waals surface area contributed by atoms with Crippen LogP contribution in [0.5, 0.6) is 0 Å². The average Bonchev–Trinajstić information content (AvgIpc) is 2.54. The van der Waals surface area contributed by atoms with Crippen LogP contribution in [0, 0.1) is 5.41 Å². The smallest absolute Gasteiger partial charge is 0.335 e. The van der Waals surface area contributed by atoms with E-state index in [4.69, 9.17) is 0 Å². The third-order valence-electron chi connectivity index (χ3n) is 4.69. The number of carboxylic acids is 1. The van der Waals surface area contributed by atoms with Gasteiger partial charge in [0.2, 0.25) is 0 Å². The fraction of sp³-hybridized carbons (Fsp3) is 0.211. The second-order valence-electron chi connectivity index (χ2n) is 6.40. The highest BCUT2D eigenvalue weighted by Gasteiger charge is 2.39. The van der Waals surface area contributed by atoms with E-state index in [1.54, 1.807) is 18.3 Å². The predicted octanol–water partition coefficient (Wildman–Crippen LogP) is 3.05. The maximum atomic E-state index is 12.8. The second-order valence-corrected chi connectivity index (χ2v) is 6.40. The van der Waals surface area contributed by atoms with Crippen molar-refractivity contribution < 1.29 is 14.7 Å². The Morgan fingerprint density at radius 2 is 1.79 bits per heavy atom. The zero-order chi connectivity index (χ0) is 17.6. The molecule has 0 fully saturated rings. The van der Waals surface area contributed by atoms with Gasteiger partial charge in [-0.3, -0.25) is 14.2 Å². The number of carbonyl (C=O) groups is 2. The van der Waals surface area contributed by atoms with Crippen molar-refractivity contribution in [1.29, 1.82) is 0 Å². The Labute approximate surface area is 138 Å². The molecule has 5 heteroatoms. The molecule has 5 nitrogen and oxygen atoms in total. The zero-order valence-electron chi connectivity index (χ0n) is 13.7. The molecular weight excluding hydrogens is 306 g/mol. The van der Waals surface area contributed by atoms with Gasteiger partial charge in [-0.25, -0.2) is 4.79 Å². The molecule has 0 unspecified atom stereocenters. The van der Waals surface area contributed by atoms with Gasteiger partial charge in [-0.2, -0.15) is 0 Å². The van der Waals surface area contributed by atoms with Crippen molar-refractivity contribution in [2.24, 2.45) is 5.41 Å². The van der Waals surface area contributed by atoms with E-state index >= 15 is 0 Å². The molecule has 0 aliphatic heterocycles. The lowest BCUT2D eigenvalue weighted by atomic mass is 9.71. The lowest BCUT2D eigenvalue weighted by Crippen LogP contribution is -2.34.